The summed E-state index contributed by atoms with van der Waals surface area (Å²) in [6, 6.07) is 14.5. The van der Waals surface area contributed by atoms with Gasteiger partial charge in [0, 0.05) is 10.0 Å². The number of aromatic nitrogens is 2. The fraction of sp³-hybridized carbons (Fsp3) is 0. The van der Waals surface area contributed by atoms with Crippen LogP contribution in [0, 0.1) is 0 Å². The molecule has 2 N–H and O–H groups in total. The lowest BCUT2D eigenvalue weighted by Gasteiger charge is -2.05. The molecule has 3 rings (SSSR count). The highest BCUT2D eigenvalue weighted by Gasteiger charge is 2.15. The van der Waals surface area contributed by atoms with Gasteiger partial charge in [0.25, 0.3) is 5.91 Å². The standard InChI is InChI=1S/C14H10BrN3O/c15-10-7-5-9(6-8-10)13(19)18-12-4-2-1-3-11(12)17-14(18)16/h1-8H,(H2,16,17). The van der Waals surface area contributed by atoms with Crippen LogP contribution in [0.3, 0.4) is 0 Å². The highest BCUT2D eigenvalue weighted by Crippen LogP contribution is 2.20. The Bertz CT molecular complexity index is 762. The monoisotopic (exact) mass is 315 g/mol. The Morgan fingerprint density at radius 3 is 2.53 bits per heavy atom. The van der Waals surface area contributed by atoms with E-state index in [9.17, 15) is 4.79 Å². The Morgan fingerprint density at radius 1 is 1.11 bits per heavy atom. The molecule has 5 heteroatoms. The van der Waals surface area contributed by atoms with E-state index >= 15 is 0 Å². The number of imidazole rings is 1. The number of rotatable bonds is 1. The molecule has 2 aromatic carbocycles. The predicted octanol–water partition coefficient (Wildman–Crippen LogP) is 3.07. The van der Waals surface area contributed by atoms with Gasteiger partial charge in [-0.2, -0.15) is 0 Å². The minimum atomic E-state index is -0.182. The highest BCUT2D eigenvalue weighted by atomic mass is 79.9. The summed E-state index contributed by atoms with van der Waals surface area (Å²) in [6.07, 6.45) is 0. The van der Waals surface area contributed by atoms with E-state index in [-0.39, 0.29) is 11.9 Å². The summed E-state index contributed by atoms with van der Waals surface area (Å²) in [5, 5.41) is 0. The topological polar surface area (TPSA) is 60.9 Å². The first-order valence-corrected chi connectivity index (χ1v) is 6.49. The van der Waals surface area contributed by atoms with E-state index in [4.69, 9.17) is 5.73 Å². The molecular formula is C14H10BrN3O. The highest BCUT2D eigenvalue weighted by molar-refractivity contribution is 9.10. The van der Waals surface area contributed by atoms with Crippen LogP contribution in [0.1, 0.15) is 10.4 Å². The van der Waals surface area contributed by atoms with E-state index < -0.39 is 0 Å². The zero-order valence-corrected chi connectivity index (χ0v) is 11.5. The maximum atomic E-state index is 12.5. The van der Waals surface area contributed by atoms with Gasteiger partial charge in [0.05, 0.1) is 11.0 Å². The molecule has 0 spiro atoms. The third kappa shape index (κ3) is 2.02. The number of halogens is 1. The van der Waals surface area contributed by atoms with Crippen molar-refractivity contribution in [2.45, 2.75) is 0 Å². The van der Waals surface area contributed by atoms with Crippen LogP contribution in [0.15, 0.2) is 53.0 Å². The van der Waals surface area contributed by atoms with E-state index in [1.807, 2.05) is 36.4 Å². The lowest BCUT2D eigenvalue weighted by molar-refractivity contribution is 0.0967. The lowest BCUT2D eigenvalue weighted by atomic mass is 10.2. The number of nitrogen functional groups attached to an aromatic ring is 1. The summed E-state index contributed by atoms with van der Waals surface area (Å²) in [5.74, 6) is 0.0211. The summed E-state index contributed by atoms with van der Waals surface area (Å²) in [7, 11) is 0. The number of nitrogens with zero attached hydrogens (tertiary/aromatic N) is 2. The number of fused-ring (bicyclic) bond motifs is 1. The second-order valence-electron chi connectivity index (χ2n) is 4.11. The summed E-state index contributed by atoms with van der Waals surface area (Å²) >= 11 is 3.34. The van der Waals surface area contributed by atoms with Gasteiger partial charge in [-0.3, -0.25) is 4.79 Å². The van der Waals surface area contributed by atoms with Gasteiger partial charge in [0.15, 0.2) is 0 Å². The second kappa shape index (κ2) is 4.51. The Labute approximate surface area is 118 Å². The molecule has 19 heavy (non-hydrogen) atoms. The van der Waals surface area contributed by atoms with Gasteiger partial charge in [0.1, 0.15) is 0 Å². The van der Waals surface area contributed by atoms with Crippen molar-refractivity contribution in [3.8, 4) is 0 Å². The van der Waals surface area contributed by atoms with E-state index in [1.165, 1.54) is 4.57 Å². The molecule has 0 saturated heterocycles. The first kappa shape index (κ1) is 11.9. The van der Waals surface area contributed by atoms with Crippen molar-refractivity contribution in [3.05, 3.63) is 58.6 Å². The third-order valence-corrected chi connectivity index (χ3v) is 3.41. The third-order valence-electron chi connectivity index (χ3n) is 2.88. The molecular weight excluding hydrogens is 306 g/mol. The normalized spacial score (nSPS) is 10.8. The number of hydrogen-bond acceptors (Lipinski definition) is 3. The fourth-order valence-corrected chi connectivity index (χ4v) is 2.24. The maximum Gasteiger partial charge on any atom is 0.265 e. The number of nitrogens with two attached hydrogens (primary N) is 1. The van der Waals surface area contributed by atoms with Crippen LogP contribution in [-0.4, -0.2) is 15.5 Å². The molecule has 1 heterocycles. The minimum Gasteiger partial charge on any atom is -0.369 e. The Balaban J connectivity index is 2.16. The summed E-state index contributed by atoms with van der Waals surface area (Å²) < 4.78 is 2.35. The van der Waals surface area contributed by atoms with Crippen molar-refractivity contribution < 1.29 is 4.79 Å². The van der Waals surface area contributed by atoms with Crippen LogP contribution < -0.4 is 5.73 Å². The van der Waals surface area contributed by atoms with Crippen molar-refractivity contribution in [1.29, 1.82) is 0 Å². The van der Waals surface area contributed by atoms with Crippen LogP contribution in [-0.2, 0) is 0 Å². The maximum absolute atomic E-state index is 12.5. The molecule has 0 aliphatic carbocycles. The smallest absolute Gasteiger partial charge is 0.265 e. The molecule has 0 aliphatic heterocycles. The zero-order chi connectivity index (χ0) is 13.4. The largest absolute Gasteiger partial charge is 0.369 e. The molecule has 0 fully saturated rings. The lowest BCUT2D eigenvalue weighted by Crippen LogP contribution is -2.14. The average molecular weight is 316 g/mol. The van der Waals surface area contributed by atoms with Gasteiger partial charge in [0.2, 0.25) is 5.95 Å². The first-order chi connectivity index (χ1) is 9.16. The summed E-state index contributed by atoms with van der Waals surface area (Å²) in [4.78, 5) is 16.7. The fourth-order valence-electron chi connectivity index (χ4n) is 1.98. The minimum absolute atomic E-state index is 0.182. The molecule has 0 radical (unpaired) electrons. The molecule has 4 nitrogen and oxygen atoms in total. The van der Waals surface area contributed by atoms with E-state index in [2.05, 4.69) is 20.9 Å². The van der Waals surface area contributed by atoms with Crippen molar-refractivity contribution in [3.63, 3.8) is 0 Å². The van der Waals surface area contributed by atoms with E-state index in [0.29, 0.717) is 16.6 Å². The number of anilines is 1. The van der Waals surface area contributed by atoms with Gasteiger partial charge < -0.3 is 5.73 Å². The van der Waals surface area contributed by atoms with Gasteiger partial charge in [-0.25, -0.2) is 9.55 Å². The van der Waals surface area contributed by atoms with Crippen LogP contribution in [0.25, 0.3) is 11.0 Å². The Hall–Kier alpha value is -2.14. The zero-order valence-electron chi connectivity index (χ0n) is 9.88. The van der Waals surface area contributed by atoms with Crippen LogP contribution in [0.2, 0.25) is 0 Å². The second-order valence-corrected chi connectivity index (χ2v) is 5.02. The number of para-hydroxylation sites is 2. The molecule has 0 aliphatic rings. The van der Waals surface area contributed by atoms with Gasteiger partial charge >= 0.3 is 0 Å². The molecule has 0 saturated carbocycles. The SMILES string of the molecule is Nc1nc2ccccc2n1C(=O)c1ccc(Br)cc1. The number of carbonyl (C=O) groups is 1. The molecule has 0 bridgehead atoms. The van der Waals surface area contributed by atoms with Gasteiger partial charge in [-0.15, -0.1) is 0 Å². The molecule has 0 atom stereocenters. The van der Waals surface area contributed by atoms with Crippen molar-refractivity contribution in [1.82, 2.24) is 9.55 Å². The molecule has 0 amide bonds. The first-order valence-electron chi connectivity index (χ1n) is 5.70. The molecule has 0 unspecified atom stereocenters. The van der Waals surface area contributed by atoms with E-state index in [0.717, 1.165) is 4.47 Å². The van der Waals surface area contributed by atoms with Crippen LogP contribution in [0.5, 0.6) is 0 Å². The predicted molar refractivity (Wildman–Crippen MR) is 78.0 cm³/mol. The van der Waals surface area contributed by atoms with Crippen LogP contribution in [0.4, 0.5) is 5.95 Å². The van der Waals surface area contributed by atoms with Crippen LogP contribution >= 0.6 is 15.9 Å². The number of hydrogen-bond donors (Lipinski definition) is 1. The molecule has 1 aromatic heterocycles. The average Bonchev–Trinajstić information content (AvgIpc) is 2.74. The summed E-state index contributed by atoms with van der Waals surface area (Å²) in [6.45, 7) is 0. The van der Waals surface area contributed by atoms with Gasteiger partial charge in [-0.1, -0.05) is 28.1 Å². The molecule has 3 aromatic rings. The number of carbonyl (C=O) groups excluding carboxylic acids is 1. The van der Waals surface area contributed by atoms with E-state index in [1.54, 1.807) is 12.1 Å². The van der Waals surface area contributed by atoms with Crippen molar-refractivity contribution >= 4 is 38.8 Å². The van der Waals surface area contributed by atoms with Crippen molar-refractivity contribution in [2.75, 3.05) is 5.73 Å². The Kier molecular flexibility index (Phi) is 2.83. The quantitative estimate of drug-likeness (QED) is 0.750. The Morgan fingerprint density at radius 2 is 1.79 bits per heavy atom. The van der Waals surface area contributed by atoms with Gasteiger partial charge in [-0.05, 0) is 36.4 Å². The summed E-state index contributed by atoms with van der Waals surface area (Å²) in [5.41, 5.74) is 7.84. The number of benzene rings is 2. The van der Waals surface area contributed by atoms with Crippen molar-refractivity contribution in [2.24, 2.45) is 0 Å². The molecule has 94 valence electrons.